The van der Waals surface area contributed by atoms with Crippen LogP contribution >= 0.6 is 23.2 Å². The number of ether oxygens (including phenoxy) is 1. The second-order valence-corrected chi connectivity index (χ2v) is 6.28. The molecule has 1 fully saturated rings. The average molecular weight is 322 g/mol. The molecule has 0 saturated heterocycles. The van der Waals surface area contributed by atoms with E-state index in [2.05, 4.69) is 0 Å². The number of nitrogens with two attached hydrogens (primary N) is 1. The molecule has 2 N–H and O–H groups in total. The Hall–Kier alpha value is -1.22. The van der Waals surface area contributed by atoms with Gasteiger partial charge in [-0.1, -0.05) is 41.4 Å². The Labute approximate surface area is 134 Å². The van der Waals surface area contributed by atoms with Gasteiger partial charge in [0.05, 0.1) is 6.10 Å². The summed E-state index contributed by atoms with van der Waals surface area (Å²) in [5.74, 6) is 0.915. The summed E-state index contributed by atoms with van der Waals surface area (Å²) in [6.07, 6.45) is 3.42. The van der Waals surface area contributed by atoms with Gasteiger partial charge < -0.3 is 10.5 Å². The molecule has 0 heterocycles. The van der Waals surface area contributed by atoms with Crippen LogP contribution in [0.25, 0.3) is 0 Å². The topological polar surface area (TPSA) is 35.2 Å². The molecule has 0 bridgehead atoms. The summed E-state index contributed by atoms with van der Waals surface area (Å²) in [7, 11) is 0. The van der Waals surface area contributed by atoms with E-state index in [1.807, 2.05) is 36.4 Å². The third-order valence-corrected chi connectivity index (χ3v) is 4.18. The van der Waals surface area contributed by atoms with Crippen LogP contribution in [0.5, 0.6) is 5.75 Å². The number of hydrogen-bond donors (Lipinski definition) is 1. The highest BCUT2D eigenvalue weighted by Crippen LogP contribution is 2.29. The smallest absolute Gasteiger partial charge is 0.119 e. The van der Waals surface area contributed by atoms with Crippen molar-refractivity contribution in [3.05, 3.63) is 63.6 Å². The molecule has 0 spiro atoms. The monoisotopic (exact) mass is 321 g/mol. The van der Waals surface area contributed by atoms with Crippen LogP contribution in [0.1, 0.15) is 30.0 Å². The lowest BCUT2D eigenvalue weighted by molar-refractivity contribution is 0.303. The zero-order chi connectivity index (χ0) is 14.8. The Kier molecular flexibility index (Phi) is 4.39. The van der Waals surface area contributed by atoms with Gasteiger partial charge in [-0.2, -0.15) is 0 Å². The molecular weight excluding hydrogens is 305 g/mol. The first-order chi connectivity index (χ1) is 10.1. The van der Waals surface area contributed by atoms with Gasteiger partial charge in [-0.15, -0.1) is 0 Å². The number of hydrogen-bond acceptors (Lipinski definition) is 2. The summed E-state index contributed by atoms with van der Waals surface area (Å²) < 4.78 is 5.73. The Morgan fingerprint density at radius 3 is 2.43 bits per heavy atom. The number of rotatable bonds is 5. The molecule has 0 aromatic heterocycles. The Bertz CT molecular complexity index is 623. The molecular formula is C17H17Cl2NO. The molecule has 3 rings (SSSR count). The summed E-state index contributed by atoms with van der Waals surface area (Å²) in [6, 6.07) is 13.4. The van der Waals surface area contributed by atoms with Gasteiger partial charge in [0.25, 0.3) is 0 Å². The van der Waals surface area contributed by atoms with Gasteiger partial charge in [0, 0.05) is 16.1 Å². The highest BCUT2D eigenvalue weighted by atomic mass is 35.5. The van der Waals surface area contributed by atoms with E-state index in [-0.39, 0.29) is 6.04 Å². The second kappa shape index (κ2) is 6.27. The van der Waals surface area contributed by atoms with Gasteiger partial charge in [0.1, 0.15) is 5.75 Å². The van der Waals surface area contributed by atoms with E-state index >= 15 is 0 Å². The third kappa shape index (κ3) is 3.91. The number of halogens is 2. The van der Waals surface area contributed by atoms with Crippen LogP contribution in [0.2, 0.25) is 10.0 Å². The molecule has 0 aliphatic heterocycles. The largest absolute Gasteiger partial charge is 0.490 e. The molecule has 21 heavy (non-hydrogen) atoms. The Morgan fingerprint density at radius 2 is 1.81 bits per heavy atom. The lowest BCUT2D eigenvalue weighted by atomic mass is 9.99. The Balaban J connectivity index is 1.67. The van der Waals surface area contributed by atoms with Gasteiger partial charge in [0.2, 0.25) is 0 Å². The van der Waals surface area contributed by atoms with E-state index in [4.69, 9.17) is 33.7 Å². The van der Waals surface area contributed by atoms with Crippen molar-refractivity contribution in [1.82, 2.24) is 0 Å². The lowest BCUT2D eigenvalue weighted by Crippen LogP contribution is -2.13. The fourth-order valence-corrected chi connectivity index (χ4v) is 2.70. The van der Waals surface area contributed by atoms with E-state index in [1.165, 1.54) is 0 Å². The van der Waals surface area contributed by atoms with Gasteiger partial charge in [0.15, 0.2) is 0 Å². The van der Waals surface area contributed by atoms with Crippen LogP contribution in [-0.4, -0.2) is 6.10 Å². The fraction of sp³-hybridized carbons (Fsp3) is 0.294. The SMILES string of the molecule is NC(Cc1ccc(Cl)cc1Cl)c1ccc(OC2CC2)cc1. The van der Waals surface area contributed by atoms with Gasteiger partial charge in [-0.05, 0) is 54.7 Å². The van der Waals surface area contributed by atoms with Crippen LogP contribution in [0.15, 0.2) is 42.5 Å². The van der Waals surface area contributed by atoms with E-state index in [0.29, 0.717) is 22.6 Å². The zero-order valence-corrected chi connectivity index (χ0v) is 13.1. The highest BCUT2D eigenvalue weighted by molar-refractivity contribution is 6.35. The van der Waals surface area contributed by atoms with E-state index in [0.717, 1.165) is 29.7 Å². The van der Waals surface area contributed by atoms with E-state index < -0.39 is 0 Å². The molecule has 2 aromatic carbocycles. The minimum absolute atomic E-state index is 0.0985. The predicted molar refractivity (Wildman–Crippen MR) is 87.2 cm³/mol. The minimum atomic E-state index is -0.0985. The average Bonchev–Trinajstić information content (AvgIpc) is 3.26. The van der Waals surface area contributed by atoms with Crippen LogP contribution in [0, 0.1) is 0 Å². The molecule has 4 heteroatoms. The van der Waals surface area contributed by atoms with Gasteiger partial charge >= 0.3 is 0 Å². The molecule has 0 amide bonds. The maximum Gasteiger partial charge on any atom is 0.119 e. The fourth-order valence-electron chi connectivity index (χ4n) is 2.21. The normalized spacial score (nSPS) is 15.8. The minimum Gasteiger partial charge on any atom is -0.490 e. The van der Waals surface area contributed by atoms with Crippen LogP contribution < -0.4 is 10.5 Å². The summed E-state index contributed by atoms with van der Waals surface area (Å²) in [5.41, 5.74) is 8.34. The van der Waals surface area contributed by atoms with Gasteiger partial charge in [-0.3, -0.25) is 0 Å². The third-order valence-electron chi connectivity index (χ3n) is 3.59. The number of benzene rings is 2. The summed E-state index contributed by atoms with van der Waals surface area (Å²) in [4.78, 5) is 0. The molecule has 1 saturated carbocycles. The lowest BCUT2D eigenvalue weighted by Gasteiger charge is -2.14. The second-order valence-electron chi connectivity index (χ2n) is 5.43. The summed E-state index contributed by atoms with van der Waals surface area (Å²) in [6.45, 7) is 0. The molecule has 110 valence electrons. The molecule has 0 radical (unpaired) electrons. The van der Waals surface area contributed by atoms with Crippen LogP contribution in [0.3, 0.4) is 0 Å². The highest BCUT2D eigenvalue weighted by Gasteiger charge is 2.23. The molecule has 1 atom stereocenters. The van der Waals surface area contributed by atoms with Crippen molar-refractivity contribution in [2.45, 2.75) is 31.4 Å². The maximum absolute atomic E-state index is 6.27. The van der Waals surface area contributed by atoms with Gasteiger partial charge in [-0.25, -0.2) is 0 Å². The quantitative estimate of drug-likeness (QED) is 0.860. The zero-order valence-electron chi connectivity index (χ0n) is 11.6. The first-order valence-corrected chi connectivity index (χ1v) is 7.83. The van der Waals surface area contributed by atoms with Crippen molar-refractivity contribution in [2.24, 2.45) is 5.73 Å². The molecule has 2 aromatic rings. The van der Waals surface area contributed by atoms with Crippen LogP contribution in [0.4, 0.5) is 0 Å². The van der Waals surface area contributed by atoms with Crippen molar-refractivity contribution in [3.63, 3.8) is 0 Å². The van der Waals surface area contributed by atoms with Crippen molar-refractivity contribution >= 4 is 23.2 Å². The summed E-state index contributed by atoms with van der Waals surface area (Å²) in [5, 5.41) is 1.30. The molecule has 1 aliphatic rings. The predicted octanol–water partition coefficient (Wildman–Crippen LogP) is 4.78. The standard InChI is InChI=1S/C17H17Cl2NO/c18-13-4-1-12(16(19)10-13)9-17(20)11-2-5-14(6-3-11)21-15-7-8-15/h1-6,10,15,17H,7-9,20H2. The molecule has 1 unspecified atom stereocenters. The molecule has 2 nitrogen and oxygen atoms in total. The first kappa shape index (κ1) is 14.7. The maximum atomic E-state index is 6.27. The van der Waals surface area contributed by atoms with Crippen molar-refractivity contribution in [3.8, 4) is 5.75 Å². The van der Waals surface area contributed by atoms with Crippen molar-refractivity contribution < 1.29 is 4.74 Å². The van der Waals surface area contributed by atoms with E-state index in [1.54, 1.807) is 6.07 Å². The first-order valence-electron chi connectivity index (χ1n) is 7.08. The van der Waals surface area contributed by atoms with E-state index in [9.17, 15) is 0 Å². The molecule has 1 aliphatic carbocycles. The Morgan fingerprint density at radius 1 is 1.10 bits per heavy atom. The van der Waals surface area contributed by atoms with Crippen LogP contribution in [-0.2, 0) is 6.42 Å². The summed E-state index contributed by atoms with van der Waals surface area (Å²) >= 11 is 12.1. The van der Waals surface area contributed by atoms with Crippen molar-refractivity contribution in [2.75, 3.05) is 0 Å². The van der Waals surface area contributed by atoms with Crippen molar-refractivity contribution in [1.29, 1.82) is 0 Å².